The largest absolute Gasteiger partial charge is 0.412 e. The molecule has 2 fully saturated rings. The van der Waals surface area contributed by atoms with E-state index in [0.717, 1.165) is 19.4 Å². The summed E-state index contributed by atoms with van der Waals surface area (Å²) in [6, 6.07) is 9.04. The van der Waals surface area contributed by atoms with Crippen molar-refractivity contribution in [1.82, 2.24) is 0 Å². The molecule has 0 aliphatic carbocycles. The number of ether oxygens (including phenoxy) is 2. The maximum Gasteiger partial charge on any atom is 0.217 e. The molecule has 1 aromatic rings. The van der Waals surface area contributed by atoms with Crippen molar-refractivity contribution in [3.63, 3.8) is 0 Å². The van der Waals surface area contributed by atoms with Gasteiger partial charge in [0.05, 0.1) is 12.5 Å². The Labute approximate surface area is 251 Å². The summed E-state index contributed by atoms with van der Waals surface area (Å²) in [5, 5.41) is 0. The number of hydrogen-bond acceptors (Lipinski definition) is 7. The molecule has 0 amide bonds. The SMILES string of the molecule is C[C@H](O[Si](C)(C)C)[C@](C)(O[Si](C)(C)C)[C@]1(O[Si](C)(C)C)O[C@H]1C(CC(=O)CC(=O)c1ccccc1)[C@H]1CCCOC1. The molecule has 1 aromatic carbocycles. The third-order valence-electron chi connectivity index (χ3n) is 7.70. The lowest BCUT2D eigenvalue weighted by Crippen LogP contribution is -2.64. The van der Waals surface area contributed by atoms with E-state index in [-0.39, 0.29) is 48.5 Å². The molecule has 0 bridgehead atoms. The van der Waals surface area contributed by atoms with Crippen molar-refractivity contribution in [2.75, 3.05) is 13.2 Å². The first kappa shape index (κ1) is 34.5. The number of hydrogen-bond donors (Lipinski definition) is 0. The van der Waals surface area contributed by atoms with Gasteiger partial charge in [-0.2, -0.15) is 0 Å². The zero-order valence-electron chi connectivity index (χ0n) is 27.3. The van der Waals surface area contributed by atoms with Gasteiger partial charge in [0.15, 0.2) is 30.7 Å². The summed E-state index contributed by atoms with van der Waals surface area (Å²) in [5.74, 6) is -1.32. The van der Waals surface area contributed by atoms with Crippen LogP contribution in [0.4, 0.5) is 0 Å². The highest BCUT2D eigenvalue weighted by Gasteiger charge is 2.75. The van der Waals surface area contributed by atoms with Crippen molar-refractivity contribution in [2.24, 2.45) is 11.8 Å². The highest BCUT2D eigenvalue weighted by atomic mass is 28.4. The Morgan fingerprint density at radius 1 is 1.00 bits per heavy atom. The van der Waals surface area contributed by atoms with Gasteiger partial charge in [-0.25, -0.2) is 0 Å². The van der Waals surface area contributed by atoms with Gasteiger partial charge < -0.3 is 22.8 Å². The van der Waals surface area contributed by atoms with E-state index in [1.54, 1.807) is 12.1 Å². The van der Waals surface area contributed by atoms with Crippen molar-refractivity contribution in [3.05, 3.63) is 35.9 Å². The van der Waals surface area contributed by atoms with E-state index in [9.17, 15) is 9.59 Å². The molecule has 41 heavy (non-hydrogen) atoms. The molecule has 0 aromatic heterocycles. The number of ketones is 2. The van der Waals surface area contributed by atoms with Crippen LogP contribution in [-0.2, 0) is 27.5 Å². The summed E-state index contributed by atoms with van der Waals surface area (Å²) in [6.07, 6.45) is 1.33. The minimum atomic E-state index is -2.17. The number of Topliss-reactive ketones (excluding diaryl/α,β-unsaturated/α-hetero) is 2. The van der Waals surface area contributed by atoms with Crippen molar-refractivity contribution in [2.45, 2.75) is 122 Å². The van der Waals surface area contributed by atoms with Gasteiger partial charge in [0.1, 0.15) is 17.5 Å². The number of rotatable bonds is 15. The average Bonchev–Trinajstić information content (AvgIpc) is 3.55. The molecule has 10 heteroatoms. The molecule has 2 aliphatic heterocycles. The van der Waals surface area contributed by atoms with Gasteiger partial charge in [0, 0.05) is 31.1 Å². The fourth-order valence-electron chi connectivity index (χ4n) is 6.14. The van der Waals surface area contributed by atoms with Crippen molar-refractivity contribution >= 4 is 36.5 Å². The first-order chi connectivity index (χ1) is 18.8. The lowest BCUT2D eigenvalue weighted by molar-refractivity contribution is -0.159. The van der Waals surface area contributed by atoms with Crippen LogP contribution in [0.5, 0.6) is 0 Å². The summed E-state index contributed by atoms with van der Waals surface area (Å²) in [7, 11) is -6.24. The van der Waals surface area contributed by atoms with E-state index in [1.165, 1.54) is 0 Å². The fourth-order valence-corrected chi connectivity index (χ4v) is 10.3. The Balaban J connectivity index is 2.00. The molecule has 2 aliphatic rings. The predicted octanol–water partition coefficient (Wildman–Crippen LogP) is 7.06. The lowest BCUT2D eigenvalue weighted by atomic mass is 9.77. The third-order valence-corrected chi connectivity index (χ3v) is 10.7. The van der Waals surface area contributed by atoms with E-state index in [0.29, 0.717) is 12.2 Å². The summed E-state index contributed by atoms with van der Waals surface area (Å²) >= 11 is 0. The van der Waals surface area contributed by atoms with E-state index in [2.05, 4.69) is 72.8 Å². The van der Waals surface area contributed by atoms with Crippen LogP contribution in [0.2, 0.25) is 58.9 Å². The summed E-state index contributed by atoms with van der Waals surface area (Å²) in [5.41, 5.74) is -0.328. The van der Waals surface area contributed by atoms with E-state index in [4.69, 9.17) is 22.8 Å². The van der Waals surface area contributed by atoms with Crippen LogP contribution in [-0.4, -0.2) is 73.3 Å². The summed E-state index contributed by atoms with van der Waals surface area (Å²) in [6.45, 7) is 25.0. The van der Waals surface area contributed by atoms with Crippen LogP contribution in [0, 0.1) is 11.8 Å². The number of carbonyl (C=O) groups is 2. The van der Waals surface area contributed by atoms with Gasteiger partial charge in [-0.1, -0.05) is 30.3 Å². The molecule has 0 N–H and O–H groups in total. The minimum Gasteiger partial charge on any atom is -0.412 e. The number of carbonyl (C=O) groups excluding carboxylic acids is 2. The highest BCUT2D eigenvalue weighted by Crippen LogP contribution is 2.58. The zero-order chi connectivity index (χ0) is 30.9. The second-order valence-electron chi connectivity index (χ2n) is 15.0. The van der Waals surface area contributed by atoms with Crippen LogP contribution in [0.25, 0.3) is 0 Å². The highest BCUT2D eigenvalue weighted by molar-refractivity contribution is 6.70. The van der Waals surface area contributed by atoms with Gasteiger partial charge in [-0.15, -0.1) is 0 Å². The molecule has 0 spiro atoms. The van der Waals surface area contributed by atoms with Gasteiger partial charge in [-0.05, 0) is 91.5 Å². The number of epoxide rings is 1. The first-order valence-electron chi connectivity index (χ1n) is 15.2. The standard InChI is InChI=1S/C31H54O7Si3/c1-23(36-39(3,4)5)30(2,37-40(6,7)8)31(38-41(9,10)11)29(35-31)27(25-18-15-19-34-22-25)20-26(32)21-28(33)24-16-13-12-14-17-24/h12-14,16-17,23,25,27,29H,15,18-22H2,1-11H3/t23-,25-,27?,29-,30-,31-/m0/s1. The smallest absolute Gasteiger partial charge is 0.217 e. The molecule has 2 saturated heterocycles. The number of benzene rings is 1. The second-order valence-corrected chi connectivity index (χ2v) is 28.3. The fraction of sp³-hybridized carbons (Fsp3) is 0.742. The lowest BCUT2D eigenvalue weighted by Gasteiger charge is -2.48. The Bertz CT molecular complexity index is 1040. The van der Waals surface area contributed by atoms with Gasteiger partial charge in [0.25, 0.3) is 0 Å². The van der Waals surface area contributed by atoms with Crippen LogP contribution in [0.15, 0.2) is 30.3 Å². The molecule has 2 heterocycles. The van der Waals surface area contributed by atoms with Crippen molar-refractivity contribution in [1.29, 1.82) is 0 Å². The molecule has 6 atom stereocenters. The van der Waals surface area contributed by atoms with Crippen LogP contribution >= 0.6 is 0 Å². The zero-order valence-corrected chi connectivity index (χ0v) is 30.3. The van der Waals surface area contributed by atoms with Crippen molar-refractivity contribution in [3.8, 4) is 0 Å². The molecule has 0 radical (unpaired) electrons. The van der Waals surface area contributed by atoms with Crippen LogP contribution in [0.3, 0.4) is 0 Å². The van der Waals surface area contributed by atoms with E-state index >= 15 is 0 Å². The van der Waals surface area contributed by atoms with Gasteiger partial charge in [-0.3, -0.25) is 9.59 Å². The van der Waals surface area contributed by atoms with Gasteiger partial charge in [0.2, 0.25) is 5.79 Å². The predicted molar refractivity (Wildman–Crippen MR) is 171 cm³/mol. The maximum atomic E-state index is 13.5. The first-order valence-corrected chi connectivity index (χ1v) is 25.4. The van der Waals surface area contributed by atoms with E-state index in [1.807, 2.05) is 18.2 Å². The summed E-state index contributed by atoms with van der Waals surface area (Å²) in [4.78, 5) is 26.4. The van der Waals surface area contributed by atoms with Crippen LogP contribution in [0.1, 0.15) is 49.9 Å². The topological polar surface area (TPSA) is 83.6 Å². The molecule has 232 valence electrons. The Hall–Kier alpha value is -0.989. The summed E-state index contributed by atoms with van der Waals surface area (Å²) < 4.78 is 33.5. The Kier molecular flexibility index (Phi) is 10.9. The third kappa shape index (κ3) is 9.25. The maximum absolute atomic E-state index is 13.5. The molecular formula is C31H54O7Si3. The average molecular weight is 623 g/mol. The molecule has 7 nitrogen and oxygen atoms in total. The van der Waals surface area contributed by atoms with Crippen molar-refractivity contribution < 1.29 is 32.3 Å². The molecule has 1 unspecified atom stereocenters. The van der Waals surface area contributed by atoms with E-state index < -0.39 is 36.3 Å². The Morgan fingerprint density at radius 2 is 1.63 bits per heavy atom. The quantitative estimate of drug-likeness (QED) is 0.0896. The monoisotopic (exact) mass is 622 g/mol. The molecular weight excluding hydrogens is 569 g/mol. The molecule has 3 rings (SSSR count). The Morgan fingerprint density at radius 3 is 2.15 bits per heavy atom. The second kappa shape index (κ2) is 12.9. The minimum absolute atomic E-state index is 0.0777. The van der Waals surface area contributed by atoms with Crippen LogP contribution < -0.4 is 0 Å². The molecule has 0 saturated carbocycles. The normalized spacial score (nSPS) is 26.6. The van der Waals surface area contributed by atoms with Gasteiger partial charge >= 0.3 is 0 Å².